The van der Waals surface area contributed by atoms with Crippen LogP contribution in [-0.2, 0) is 4.74 Å². The highest BCUT2D eigenvalue weighted by molar-refractivity contribution is 6.05. The lowest BCUT2D eigenvalue weighted by Crippen LogP contribution is -2.15. The smallest absolute Gasteiger partial charge is 0.346 e. The SMILES string of the molecule is CCOC(=O)c1c[nH+]c2c(C)cccc2c1Nc1cccc(C(=O)O)c1. The summed E-state index contributed by atoms with van der Waals surface area (Å²) in [6.45, 7) is 3.98. The van der Waals surface area contributed by atoms with Crippen molar-refractivity contribution in [1.29, 1.82) is 0 Å². The van der Waals surface area contributed by atoms with Gasteiger partial charge in [0, 0.05) is 11.3 Å². The van der Waals surface area contributed by atoms with Crippen LogP contribution >= 0.6 is 0 Å². The summed E-state index contributed by atoms with van der Waals surface area (Å²) in [5.74, 6) is -1.47. The summed E-state index contributed by atoms with van der Waals surface area (Å²) in [6, 6.07) is 12.2. The Morgan fingerprint density at radius 3 is 2.69 bits per heavy atom. The van der Waals surface area contributed by atoms with Gasteiger partial charge in [-0.15, -0.1) is 0 Å². The van der Waals surface area contributed by atoms with E-state index in [1.165, 1.54) is 12.1 Å². The van der Waals surface area contributed by atoms with Gasteiger partial charge >= 0.3 is 11.9 Å². The van der Waals surface area contributed by atoms with Gasteiger partial charge in [0.25, 0.3) is 0 Å². The number of hydrogen-bond donors (Lipinski definition) is 2. The number of aryl methyl sites for hydroxylation is 1. The van der Waals surface area contributed by atoms with Gasteiger partial charge in [0.1, 0.15) is 5.56 Å². The molecule has 132 valence electrons. The highest BCUT2D eigenvalue weighted by Crippen LogP contribution is 2.30. The fourth-order valence-electron chi connectivity index (χ4n) is 2.81. The van der Waals surface area contributed by atoms with E-state index in [0.29, 0.717) is 16.9 Å². The lowest BCUT2D eigenvalue weighted by Gasteiger charge is -2.13. The lowest BCUT2D eigenvalue weighted by molar-refractivity contribution is -0.345. The molecule has 0 atom stereocenters. The first-order valence-corrected chi connectivity index (χ1v) is 8.22. The summed E-state index contributed by atoms with van der Waals surface area (Å²) in [7, 11) is 0. The molecule has 0 saturated heterocycles. The average molecular weight is 351 g/mol. The molecule has 6 nitrogen and oxygen atoms in total. The monoisotopic (exact) mass is 351 g/mol. The molecule has 3 N–H and O–H groups in total. The zero-order valence-corrected chi connectivity index (χ0v) is 14.5. The number of nitrogens with one attached hydrogen (secondary N) is 2. The van der Waals surface area contributed by atoms with Gasteiger partial charge < -0.3 is 15.2 Å². The number of esters is 1. The van der Waals surface area contributed by atoms with Crippen molar-refractivity contribution >= 4 is 34.2 Å². The number of carboxylic acid groups (broad SMARTS) is 1. The predicted octanol–water partition coefficient (Wildman–Crippen LogP) is 3.58. The molecule has 26 heavy (non-hydrogen) atoms. The summed E-state index contributed by atoms with van der Waals surface area (Å²) in [5.41, 5.74) is 3.58. The Bertz CT molecular complexity index is 998. The topological polar surface area (TPSA) is 89.8 Å². The number of benzene rings is 2. The van der Waals surface area contributed by atoms with Crippen molar-refractivity contribution in [2.45, 2.75) is 13.8 Å². The molecule has 3 aromatic rings. The Morgan fingerprint density at radius 1 is 1.19 bits per heavy atom. The number of pyridine rings is 1. The van der Waals surface area contributed by atoms with Gasteiger partial charge in [0.15, 0.2) is 6.20 Å². The highest BCUT2D eigenvalue weighted by Gasteiger charge is 2.21. The number of fused-ring (bicyclic) bond motifs is 1. The molecule has 0 unspecified atom stereocenters. The first-order valence-electron chi connectivity index (χ1n) is 8.22. The number of carbonyl (C=O) groups is 2. The molecule has 3 rings (SSSR count). The molecular weight excluding hydrogens is 332 g/mol. The Morgan fingerprint density at radius 2 is 1.96 bits per heavy atom. The third kappa shape index (κ3) is 3.35. The molecule has 0 saturated carbocycles. The van der Waals surface area contributed by atoms with E-state index in [4.69, 9.17) is 4.74 Å². The molecule has 0 aliphatic heterocycles. The number of anilines is 2. The summed E-state index contributed by atoms with van der Waals surface area (Å²) in [5, 5.41) is 13.2. The maximum Gasteiger partial charge on any atom is 0.346 e. The number of H-pyrrole nitrogens is 1. The largest absolute Gasteiger partial charge is 0.478 e. The van der Waals surface area contributed by atoms with Crippen LogP contribution in [0, 0.1) is 6.92 Å². The fraction of sp³-hybridized carbons (Fsp3) is 0.150. The van der Waals surface area contributed by atoms with Crippen molar-refractivity contribution in [3.8, 4) is 0 Å². The van der Waals surface area contributed by atoms with Gasteiger partial charge in [-0.3, -0.25) is 0 Å². The predicted molar refractivity (Wildman–Crippen MR) is 97.9 cm³/mol. The van der Waals surface area contributed by atoms with E-state index in [-0.39, 0.29) is 12.2 Å². The number of ether oxygens (including phenoxy) is 1. The second-order valence-corrected chi connectivity index (χ2v) is 5.81. The molecule has 0 aliphatic carbocycles. The minimum Gasteiger partial charge on any atom is -0.478 e. The van der Waals surface area contributed by atoms with Crippen molar-refractivity contribution in [2.24, 2.45) is 0 Å². The number of aromatic nitrogens is 1. The third-order valence-corrected chi connectivity index (χ3v) is 4.05. The maximum absolute atomic E-state index is 12.4. The first kappa shape index (κ1) is 17.4. The summed E-state index contributed by atoms with van der Waals surface area (Å²) in [4.78, 5) is 26.7. The normalized spacial score (nSPS) is 10.5. The van der Waals surface area contributed by atoms with Crippen LogP contribution in [0.15, 0.2) is 48.7 Å². The Kier molecular flexibility index (Phi) is 4.84. The molecule has 0 amide bonds. The van der Waals surface area contributed by atoms with Gasteiger partial charge in [-0.25, -0.2) is 14.6 Å². The highest BCUT2D eigenvalue weighted by atomic mass is 16.5. The molecule has 0 aliphatic rings. The van der Waals surface area contributed by atoms with E-state index in [9.17, 15) is 14.7 Å². The summed E-state index contributed by atoms with van der Waals surface area (Å²) < 4.78 is 5.15. The van der Waals surface area contributed by atoms with Crippen LogP contribution < -0.4 is 10.3 Å². The molecule has 0 spiro atoms. The Labute approximate surface area is 150 Å². The maximum atomic E-state index is 12.4. The van der Waals surface area contributed by atoms with Crippen LogP contribution in [0.2, 0.25) is 0 Å². The first-order chi connectivity index (χ1) is 12.5. The van der Waals surface area contributed by atoms with Crippen molar-refractivity contribution in [1.82, 2.24) is 0 Å². The molecule has 0 fully saturated rings. The minimum atomic E-state index is -1.01. The number of rotatable bonds is 5. The van der Waals surface area contributed by atoms with E-state index in [1.54, 1.807) is 25.3 Å². The van der Waals surface area contributed by atoms with Gasteiger partial charge in [0.05, 0.1) is 23.2 Å². The minimum absolute atomic E-state index is 0.163. The Hall–Kier alpha value is -3.41. The number of carbonyl (C=O) groups excluding carboxylic acids is 1. The van der Waals surface area contributed by atoms with E-state index in [0.717, 1.165) is 16.5 Å². The quantitative estimate of drug-likeness (QED) is 0.686. The van der Waals surface area contributed by atoms with E-state index in [2.05, 4.69) is 10.3 Å². The van der Waals surface area contributed by atoms with Crippen LogP contribution in [-0.4, -0.2) is 23.7 Å². The van der Waals surface area contributed by atoms with E-state index < -0.39 is 11.9 Å². The van der Waals surface area contributed by atoms with Gasteiger partial charge in [-0.2, -0.15) is 0 Å². The van der Waals surface area contributed by atoms with E-state index in [1.807, 2.05) is 25.1 Å². The van der Waals surface area contributed by atoms with Crippen molar-refractivity contribution in [3.05, 3.63) is 65.4 Å². The molecule has 0 bridgehead atoms. The number of para-hydroxylation sites is 1. The number of carboxylic acids is 1. The van der Waals surface area contributed by atoms with Gasteiger partial charge in [0.2, 0.25) is 5.52 Å². The van der Waals surface area contributed by atoms with Gasteiger partial charge in [-0.05, 0) is 38.1 Å². The zero-order chi connectivity index (χ0) is 18.7. The van der Waals surface area contributed by atoms with Crippen molar-refractivity contribution in [3.63, 3.8) is 0 Å². The van der Waals surface area contributed by atoms with Crippen LogP contribution in [0.4, 0.5) is 11.4 Å². The molecular formula is C20H19N2O4+. The molecule has 6 heteroatoms. The van der Waals surface area contributed by atoms with Crippen LogP contribution in [0.3, 0.4) is 0 Å². The Balaban J connectivity index is 2.16. The summed E-state index contributed by atoms with van der Waals surface area (Å²) >= 11 is 0. The molecule has 2 aromatic carbocycles. The molecule has 0 radical (unpaired) electrons. The second-order valence-electron chi connectivity index (χ2n) is 5.81. The third-order valence-electron chi connectivity index (χ3n) is 4.05. The number of aromatic carboxylic acids is 1. The molecule has 1 aromatic heterocycles. The van der Waals surface area contributed by atoms with Crippen LogP contribution in [0.25, 0.3) is 10.9 Å². The molecule has 1 heterocycles. The summed E-state index contributed by atoms with van der Waals surface area (Å²) in [6.07, 6.45) is 1.61. The standard InChI is InChI=1S/C20H18N2O4/c1-3-26-20(25)16-11-21-17-12(2)6-4-9-15(17)18(16)22-14-8-5-7-13(10-14)19(23)24/h4-11H,3H2,1-2H3,(H,21,22)(H,23,24)/p+1. The van der Waals surface area contributed by atoms with Gasteiger partial charge in [-0.1, -0.05) is 18.2 Å². The van der Waals surface area contributed by atoms with Crippen molar-refractivity contribution in [2.75, 3.05) is 11.9 Å². The second kappa shape index (κ2) is 7.23. The zero-order valence-electron chi connectivity index (χ0n) is 14.5. The van der Waals surface area contributed by atoms with E-state index >= 15 is 0 Å². The number of hydrogen-bond acceptors (Lipinski definition) is 4. The average Bonchev–Trinajstić information content (AvgIpc) is 2.63. The van der Waals surface area contributed by atoms with Crippen LogP contribution in [0.1, 0.15) is 33.2 Å². The number of aromatic amines is 1. The fourth-order valence-corrected chi connectivity index (χ4v) is 2.81. The van der Waals surface area contributed by atoms with Crippen LogP contribution in [0.5, 0.6) is 0 Å². The van der Waals surface area contributed by atoms with Crippen molar-refractivity contribution < 1.29 is 24.4 Å². The lowest BCUT2D eigenvalue weighted by atomic mass is 10.1.